The summed E-state index contributed by atoms with van der Waals surface area (Å²) in [6.45, 7) is 3.14. The molecular formula is C47H83O14P. The largest absolute Gasteiger partial charge is 0.472 e. The number of ether oxygens (including phenoxy) is 2. The minimum atomic E-state index is -5.15. The van der Waals surface area contributed by atoms with Crippen LogP contribution in [0.25, 0.3) is 0 Å². The number of ketones is 1. The van der Waals surface area contributed by atoms with Crippen molar-refractivity contribution < 1.29 is 67.9 Å². The average molecular weight is 903 g/mol. The number of aliphatic hydroxyl groups is 5. The Bertz CT molecular complexity index is 1290. The third-order valence-corrected chi connectivity index (χ3v) is 11.9. The van der Waals surface area contributed by atoms with E-state index < -0.39 is 75.7 Å². The van der Waals surface area contributed by atoms with Gasteiger partial charge in [0.25, 0.3) is 0 Å². The molecule has 1 rings (SSSR count). The molecule has 0 heterocycles. The quantitative estimate of drug-likeness (QED) is 0.00849. The van der Waals surface area contributed by atoms with E-state index in [0.717, 1.165) is 89.9 Å². The summed E-state index contributed by atoms with van der Waals surface area (Å²) in [7, 11) is -5.15. The highest BCUT2D eigenvalue weighted by molar-refractivity contribution is 7.47. The molecule has 360 valence electrons. The maximum atomic E-state index is 12.8. The van der Waals surface area contributed by atoms with Crippen LogP contribution in [0.3, 0.4) is 0 Å². The van der Waals surface area contributed by atoms with E-state index in [1.807, 2.05) is 6.08 Å². The molecule has 6 N–H and O–H groups in total. The lowest BCUT2D eigenvalue weighted by atomic mass is 9.85. The van der Waals surface area contributed by atoms with E-state index in [1.165, 1.54) is 51.4 Å². The number of aliphatic hydroxyl groups excluding tert-OH is 5. The molecule has 0 aromatic carbocycles. The van der Waals surface area contributed by atoms with Crippen molar-refractivity contribution in [3.63, 3.8) is 0 Å². The highest BCUT2D eigenvalue weighted by Crippen LogP contribution is 2.47. The maximum absolute atomic E-state index is 12.8. The first kappa shape index (κ1) is 57.8. The number of hydrogen-bond acceptors (Lipinski definition) is 13. The minimum Gasteiger partial charge on any atom is -0.462 e. The van der Waals surface area contributed by atoms with Crippen LogP contribution in [0.2, 0.25) is 0 Å². The van der Waals surface area contributed by atoms with E-state index in [4.69, 9.17) is 18.5 Å². The van der Waals surface area contributed by atoms with Crippen molar-refractivity contribution in [1.29, 1.82) is 0 Å². The summed E-state index contributed by atoms with van der Waals surface area (Å²) >= 11 is 0. The first-order valence-electron chi connectivity index (χ1n) is 23.7. The summed E-state index contributed by atoms with van der Waals surface area (Å²) in [6.07, 6.45) is 24.4. The van der Waals surface area contributed by atoms with Crippen molar-refractivity contribution in [3.05, 3.63) is 36.5 Å². The Morgan fingerprint density at radius 3 is 1.53 bits per heavy atom. The van der Waals surface area contributed by atoms with Gasteiger partial charge in [-0.3, -0.25) is 23.4 Å². The Labute approximate surface area is 372 Å². The molecule has 0 radical (unpaired) electrons. The molecule has 1 fully saturated rings. The van der Waals surface area contributed by atoms with Gasteiger partial charge >= 0.3 is 19.8 Å². The Morgan fingerprint density at radius 1 is 0.532 bits per heavy atom. The predicted molar refractivity (Wildman–Crippen MR) is 240 cm³/mol. The normalized spacial score (nSPS) is 22.1. The van der Waals surface area contributed by atoms with Gasteiger partial charge in [0.05, 0.1) is 6.61 Å². The fourth-order valence-corrected chi connectivity index (χ4v) is 8.00. The van der Waals surface area contributed by atoms with Gasteiger partial charge in [0.2, 0.25) is 0 Å². The number of unbranched alkanes of at least 4 members (excludes halogenated alkanes) is 20. The highest BCUT2D eigenvalue weighted by atomic mass is 31.2. The summed E-state index contributed by atoms with van der Waals surface area (Å²) in [5, 5.41) is 50.1. The lowest BCUT2D eigenvalue weighted by molar-refractivity contribution is -0.220. The molecule has 0 aliphatic heterocycles. The molecule has 0 aromatic rings. The highest BCUT2D eigenvalue weighted by Gasteiger charge is 2.51. The van der Waals surface area contributed by atoms with Crippen LogP contribution in [0.1, 0.15) is 187 Å². The third-order valence-electron chi connectivity index (χ3n) is 10.9. The van der Waals surface area contributed by atoms with Gasteiger partial charge < -0.3 is 39.9 Å². The van der Waals surface area contributed by atoms with Crippen molar-refractivity contribution in [1.82, 2.24) is 0 Å². The number of hydrogen-bond donors (Lipinski definition) is 6. The van der Waals surface area contributed by atoms with Gasteiger partial charge in [-0.05, 0) is 63.9 Å². The second-order valence-electron chi connectivity index (χ2n) is 16.6. The second-order valence-corrected chi connectivity index (χ2v) is 18.0. The van der Waals surface area contributed by atoms with E-state index in [9.17, 15) is 49.4 Å². The van der Waals surface area contributed by atoms with Crippen LogP contribution < -0.4 is 0 Å². The summed E-state index contributed by atoms with van der Waals surface area (Å²) in [5.41, 5.74) is 0. The van der Waals surface area contributed by atoms with Crippen LogP contribution in [0.5, 0.6) is 0 Å². The zero-order chi connectivity index (χ0) is 45.9. The number of carbonyl (C=O) groups excluding carboxylic acids is 3. The topological polar surface area (TPSA) is 227 Å². The van der Waals surface area contributed by atoms with E-state index in [-0.39, 0.29) is 18.6 Å². The summed E-state index contributed by atoms with van der Waals surface area (Å²) in [4.78, 5) is 47.8. The molecule has 8 atom stereocenters. The molecule has 0 bridgehead atoms. The first-order chi connectivity index (χ1) is 29.8. The van der Waals surface area contributed by atoms with Gasteiger partial charge in [-0.2, -0.15) is 0 Å². The molecule has 14 nitrogen and oxygen atoms in total. The summed E-state index contributed by atoms with van der Waals surface area (Å²) in [6, 6.07) is 0. The van der Waals surface area contributed by atoms with E-state index in [0.29, 0.717) is 19.3 Å². The minimum absolute atomic E-state index is 0.0672. The summed E-state index contributed by atoms with van der Waals surface area (Å²) in [5.74, 6) is -1.12. The molecule has 0 amide bonds. The number of carbonyl (C=O) groups is 3. The van der Waals surface area contributed by atoms with E-state index in [1.54, 1.807) is 12.2 Å². The van der Waals surface area contributed by atoms with Crippen LogP contribution in [-0.2, 0) is 37.5 Å². The fourth-order valence-electron chi connectivity index (χ4n) is 7.03. The molecule has 0 saturated heterocycles. The van der Waals surface area contributed by atoms with E-state index in [2.05, 4.69) is 32.1 Å². The second kappa shape index (κ2) is 37.0. The molecule has 1 aliphatic carbocycles. The van der Waals surface area contributed by atoms with Crippen LogP contribution in [-0.4, -0.2) is 104 Å². The molecular weight excluding hydrogens is 819 g/mol. The molecule has 1 aliphatic rings. The standard InChI is InChI=1S/C47H83O14P/c1-3-5-7-9-11-12-13-14-15-16-17-18-19-20-22-26-31-35-41(50)60-39(37-59-62(56,57)61-47-45(54)43(52)42(51)44(53)46(47)55)36-58-40(49)34-30-27-23-25-29-33-38(48)32-28-24-21-10-8-6-4-2/h14-15,21,24,28,32,39,42-47,51-55H,3-13,16-20,22-23,25-27,29-31,33-37H2,1-2H3,(H,56,57)/b15-14-,24-21-,32-28+/t39-,42?,43-,44+,45-,46-,47?/m1/s1. The lowest BCUT2D eigenvalue weighted by Gasteiger charge is -2.41. The zero-order valence-corrected chi connectivity index (χ0v) is 38.8. The SMILES string of the molecule is CCCCC/C=C\C=C\C(=O)CCCCCCCC(=O)OC[C@H](COP(=O)(O)OC1[C@H](O)[C@H](O)C(O)[C@H](O)[C@H]1O)OC(=O)CCCCCCCCC/C=C\CCCCCCCC. The summed E-state index contributed by atoms with van der Waals surface area (Å²) < 4.78 is 33.5. The fraction of sp³-hybridized carbons (Fsp3) is 0.809. The molecule has 15 heteroatoms. The van der Waals surface area contributed by atoms with Crippen LogP contribution in [0, 0.1) is 0 Å². The number of esters is 2. The van der Waals surface area contributed by atoms with Crippen molar-refractivity contribution in [3.8, 4) is 0 Å². The third kappa shape index (κ3) is 29.2. The van der Waals surface area contributed by atoms with Gasteiger partial charge in [-0.15, -0.1) is 0 Å². The number of rotatable bonds is 39. The van der Waals surface area contributed by atoms with Crippen molar-refractivity contribution in [2.45, 2.75) is 230 Å². The van der Waals surface area contributed by atoms with Crippen LogP contribution >= 0.6 is 7.82 Å². The van der Waals surface area contributed by atoms with Crippen molar-refractivity contribution in [2.24, 2.45) is 0 Å². The van der Waals surface area contributed by atoms with Crippen LogP contribution in [0.4, 0.5) is 0 Å². The van der Waals surface area contributed by atoms with Crippen molar-refractivity contribution in [2.75, 3.05) is 13.2 Å². The number of phosphoric ester groups is 1. The van der Waals surface area contributed by atoms with E-state index >= 15 is 0 Å². The monoisotopic (exact) mass is 903 g/mol. The van der Waals surface area contributed by atoms with Crippen LogP contribution in [0.15, 0.2) is 36.5 Å². The van der Waals surface area contributed by atoms with Crippen molar-refractivity contribution >= 4 is 25.5 Å². The number of allylic oxidation sites excluding steroid dienone is 6. The predicted octanol–water partition coefficient (Wildman–Crippen LogP) is 8.57. The average Bonchev–Trinajstić information content (AvgIpc) is 3.25. The molecule has 0 aromatic heterocycles. The molecule has 3 unspecified atom stereocenters. The van der Waals surface area contributed by atoms with Gasteiger partial charge in [-0.1, -0.05) is 141 Å². The lowest BCUT2D eigenvalue weighted by Crippen LogP contribution is -2.64. The Morgan fingerprint density at radius 2 is 0.968 bits per heavy atom. The first-order valence-corrected chi connectivity index (χ1v) is 25.2. The maximum Gasteiger partial charge on any atom is 0.472 e. The van der Waals surface area contributed by atoms with Gasteiger partial charge in [0, 0.05) is 19.3 Å². The van der Waals surface area contributed by atoms with Gasteiger partial charge in [0.15, 0.2) is 11.9 Å². The Kier molecular flexibility index (Phi) is 34.5. The zero-order valence-electron chi connectivity index (χ0n) is 37.9. The van der Waals surface area contributed by atoms with Gasteiger partial charge in [-0.25, -0.2) is 4.57 Å². The smallest absolute Gasteiger partial charge is 0.462 e. The van der Waals surface area contributed by atoms with Gasteiger partial charge in [0.1, 0.15) is 43.2 Å². The molecule has 0 spiro atoms. The Hall–Kier alpha value is -2.26. The Balaban J connectivity index is 2.48. The molecule has 62 heavy (non-hydrogen) atoms. The number of phosphoric acid groups is 1. The molecule has 1 saturated carbocycles.